The molecule has 0 radical (unpaired) electrons. The topological polar surface area (TPSA) is 49.9 Å². The maximum absolute atomic E-state index is 13.3. The van der Waals surface area contributed by atoms with Crippen molar-refractivity contribution >= 4 is 15.7 Å². The smallest absolute Gasteiger partial charge is 0.243 e. The summed E-state index contributed by atoms with van der Waals surface area (Å²) in [6.45, 7) is 1.79. The van der Waals surface area contributed by atoms with Crippen molar-refractivity contribution in [3.63, 3.8) is 0 Å². The summed E-state index contributed by atoms with van der Waals surface area (Å²) in [5.74, 6) is 0.325. The second kappa shape index (κ2) is 6.78. The maximum atomic E-state index is 13.3. The van der Waals surface area contributed by atoms with Gasteiger partial charge in [0.2, 0.25) is 10.0 Å². The minimum Gasteiger partial charge on any atom is -0.497 e. The van der Waals surface area contributed by atoms with E-state index in [1.165, 1.54) is 23.5 Å². The SMILES string of the molecule is COc1ccc(S(=O)(=O)N2CCN(c3cccc(F)c3)CC2)cc1. The number of benzene rings is 2. The summed E-state index contributed by atoms with van der Waals surface area (Å²) in [7, 11) is -1.99. The van der Waals surface area contributed by atoms with E-state index in [1.807, 2.05) is 11.0 Å². The van der Waals surface area contributed by atoms with Crippen molar-refractivity contribution in [1.29, 1.82) is 0 Å². The van der Waals surface area contributed by atoms with Gasteiger partial charge in [-0.1, -0.05) is 6.07 Å². The van der Waals surface area contributed by atoms with Crippen LogP contribution in [0.2, 0.25) is 0 Å². The lowest BCUT2D eigenvalue weighted by Crippen LogP contribution is -2.48. The highest BCUT2D eigenvalue weighted by Gasteiger charge is 2.28. The number of anilines is 1. The molecule has 0 saturated carbocycles. The molecule has 2 aromatic carbocycles. The second-order valence-electron chi connectivity index (χ2n) is 5.55. The Morgan fingerprint density at radius 1 is 1.00 bits per heavy atom. The summed E-state index contributed by atoms with van der Waals surface area (Å²) >= 11 is 0. The van der Waals surface area contributed by atoms with Crippen molar-refractivity contribution in [1.82, 2.24) is 4.31 Å². The van der Waals surface area contributed by atoms with Gasteiger partial charge in [-0.15, -0.1) is 0 Å². The van der Waals surface area contributed by atoms with Gasteiger partial charge in [-0.2, -0.15) is 4.31 Å². The molecule has 1 aliphatic rings. The molecule has 0 amide bonds. The maximum Gasteiger partial charge on any atom is 0.243 e. The zero-order valence-electron chi connectivity index (χ0n) is 13.4. The molecule has 3 rings (SSSR count). The summed E-state index contributed by atoms with van der Waals surface area (Å²) < 4.78 is 45.2. The molecular weight excluding hydrogens is 331 g/mol. The fourth-order valence-corrected chi connectivity index (χ4v) is 4.18. The molecule has 0 atom stereocenters. The van der Waals surface area contributed by atoms with Gasteiger partial charge in [0.15, 0.2) is 0 Å². The molecule has 7 heteroatoms. The van der Waals surface area contributed by atoms with Gasteiger partial charge in [0, 0.05) is 31.9 Å². The first kappa shape index (κ1) is 16.7. The first-order valence-corrected chi connectivity index (χ1v) is 9.09. The number of piperazine rings is 1. The van der Waals surface area contributed by atoms with Gasteiger partial charge in [-0.3, -0.25) is 0 Å². The summed E-state index contributed by atoms with van der Waals surface area (Å²) in [6.07, 6.45) is 0. The molecule has 0 bridgehead atoms. The van der Waals surface area contributed by atoms with E-state index in [-0.39, 0.29) is 10.7 Å². The number of sulfonamides is 1. The number of methoxy groups -OCH3 is 1. The van der Waals surface area contributed by atoms with E-state index in [2.05, 4.69) is 0 Å². The van der Waals surface area contributed by atoms with Crippen LogP contribution in [0.4, 0.5) is 10.1 Å². The number of ether oxygens (including phenoxy) is 1. The highest BCUT2D eigenvalue weighted by molar-refractivity contribution is 7.89. The fraction of sp³-hybridized carbons (Fsp3) is 0.294. The minimum atomic E-state index is -3.52. The Morgan fingerprint density at radius 3 is 2.25 bits per heavy atom. The van der Waals surface area contributed by atoms with Gasteiger partial charge in [-0.05, 0) is 42.5 Å². The van der Waals surface area contributed by atoms with Crippen molar-refractivity contribution in [3.05, 3.63) is 54.3 Å². The van der Waals surface area contributed by atoms with Crippen molar-refractivity contribution in [3.8, 4) is 5.75 Å². The Morgan fingerprint density at radius 2 is 1.67 bits per heavy atom. The molecule has 1 saturated heterocycles. The van der Waals surface area contributed by atoms with Crippen LogP contribution >= 0.6 is 0 Å². The van der Waals surface area contributed by atoms with E-state index in [4.69, 9.17) is 4.74 Å². The number of nitrogens with zero attached hydrogens (tertiary/aromatic N) is 2. The predicted octanol–water partition coefficient (Wildman–Crippen LogP) is 2.35. The average molecular weight is 350 g/mol. The molecule has 0 spiro atoms. The minimum absolute atomic E-state index is 0.252. The normalized spacial score (nSPS) is 16.2. The summed E-state index contributed by atoms with van der Waals surface area (Å²) in [5.41, 5.74) is 0.775. The quantitative estimate of drug-likeness (QED) is 0.849. The Kier molecular flexibility index (Phi) is 4.73. The summed E-state index contributed by atoms with van der Waals surface area (Å²) in [4.78, 5) is 2.24. The Labute approximate surface area is 141 Å². The lowest BCUT2D eigenvalue weighted by atomic mass is 10.2. The third-order valence-corrected chi connectivity index (χ3v) is 6.02. The number of halogens is 1. The molecular formula is C17H19FN2O3S. The number of hydrogen-bond acceptors (Lipinski definition) is 4. The van der Waals surface area contributed by atoms with Crippen molar-refractivity contribution in [2.45, 2.75) is 4.90 Å². The zero-order valence-corrected chi connectivity index (χ0v) is 14.2. The summed E-state index contributed by atoms with van der Waals surface area (Å²) in [6, 6.07) is 12.7. The molecule has 0 aromatic heterocycles. The van der Waals surface area contributed by atoms with E-state index in [0.717, 1.165) is 5.69 Å². The van der Waals surface area contributed by atoms with Crippen LogP contribution in [0.1, 0.15) is 0 Å². The van der Waals surface area contributed by atoms with Crippen LogP contribution in [-0.2, 0) is 10.0 Å². The first-order chi connectivity index (χ1) is 11.5. The molecule has 5 nitrogen and oxygen atoms in total. The van der Waals surface area contributed by atoms with E-state index < -0.39 is 10.0 Å². The van der Waals surface area contributed by atoms with E-state index in [9.17, 15) is 12.8 Å². The van der Waals surface area contributed by atoms with Crippen LogP contribution in [0.5, 0.6) is 5.75 Å². The second-order valence-corrected chi connectivity index (χ2v) is 7.48. The van der Waals surface area contributed by atoms with Gasteiger partial charge in [0.05, 0.1) is 12.0 Å². The lowest BCUT2D eigenvalue weighted by Gasteiger charge is -2.35. The van der Waals surface area contributed by atoms with Gasteiger partial charge in [0.1, 0.15) is 11.6 Å². The largest absolute Gasteiger partial charge is 0.497 e. The standard InChI is InChI=1S/C17H19FN2O3S/c1-23-16-5-7-17(8-6-16)24(21,22)20-11-9-19(10-12-20)15-4-2-3-14(18)13-15/h2-8,13H,9-12H2,1H3. The number of rotatable bonds is 4. The molecule has 1 aliphatic heterocycles. The Balaban J connectivity index is 1.71. The van der Waals surface area contributed by atoms with Crippen LogP contribution in [0, 0.1) is 5.82 Å². The van der Waals surface area contributed by atoms with Crippen LogP contribution in [0.15, 0.2) is 53.4 Å². The molecule has 0 N–H and O–H groups in total. The van der Waals surface area contributed by atoms with Crippen molar-refractivity contribution in [2.75, 3.05) is 38.2 Å². The average Bonchev–Trinajstić information content (AvgIpc) is 2.62. The van der Waals surface area contributed by atoms with Crippen LogP contribution < -0.4 is 9.64 Å². The molecule has 0 unspecified atom stereocenters. The molecule has 1 fully saturated rings. The fourth-order valence-electron chi connectivity index (χ4n) is 2.76. The van der Waals surface area contributed by atoms with Gasteiger partial charge in [0.25, 0.3) is 0 Å². The predicted molar refractivity (Wildman–Crippen MR) is 90.4 cm³/mol. The molecule has 2 aromatic rings. The van der Waals surface area contributed by atoms with Crippen molar-refractivity contribution < 1.29 is 17.5 Å². The van der Waals surface area contributed by atoms with E-state index >= 15 is 0 Å². The molecule has 128 valence electrons. The number of hydrogen-bond donors (Lipinski definition) is 0. The van der Waals surface area contributed by atoms with E-state index in [0.29, 0.717) is 31.9 Å². The highest BCUT2D eigenvalue weighted by atomic mass is 32.2. The Hall–Kier alpha value is -2.12. The third-order valence-electron chi connectivity index (χ3n) is 4.11. The van der Waals surface area contributed by atoms with Gasteiger partial charge < -0.3 is 9.64 Å². The molecule has 24 heavy (non-hydrogen) atoms. The first-order valence-electron chi connectivity index (χ1n) is 7.65. The Bertz CT molecular complexity index is 801. The zero-order chi connectivity index (χ0) is 17.2. The molecule has 0 aliphatic carbocycles. The van der Waals surface area contributed by atoms with Crippen LogP contribution in [0.25, 0.3) is 0 Å². The van der Waals surface area contributed by atoms with Gasteiger partial charge >= 0.3 is 0 Å². The third kappa shape index (κ3) is 3.37. The lowest BCUT2D eigenvalue weighted by molar-refractivity contribution is 0.384. The van der Waals surface area contributed by atoms with E-state index in [1.54, 1.807) is 30.3 Å². The van der Waals surface area contributed by atoms with Crippen LogP contribution in [-0.4, -0.2) is 46.0 Å². The monoisotopic (exact) mass is 350 g/mol. The molecule has 1 heterocycles. The van der Waals surface area contributed by atoms with Crippen molar-refractivity contribution in [2.24, 2.45) is 0 Å². The highest BCUT2D eigenvalue weighted by Crippen LogP contribution is 2.23. The van der Waals surface area contributed by atoms with Crippen LogP contribution in [0.3, 0.4) is 0 Å². The summed E-state index contributed by atoms with van der Waals surface area (Å²) in [5, 5.41) is 0. The van der Waals surface area contributed by atoms with Gasteiger partial charge in [-0.25, -0.2) is 12.8 Å².